The Hall–Kier alpha value is -0.750. The smallest absolute Gasteiger partial charge is 0.261 e. The van der Waals surface area contributed by atoms with Crippen molar-refractivity contribution in [2.45, 2.75) is 57.0 Å². The van der Waals surface area contributed by atoms with Gasteiger partial charge in [0.1, 0.15) is 6.61 Å². The number of carbonyl (C=O) groups excluding carboxylic acids is 1. The summed E-state index contributed by atoms with van der Waals surface area (Å²) in [6, 6.07) is 0.401. The van der Waals surface area contributed by atoms with E-state index in [-0.39, 0.29) is 5.91 Å². The van der Waals surface area contributed by atoms with E-state index in [1.54, 1.807) is 6.92 Å². The lowest BCUT2D eigenvalue weighted by Gasteiger charge is -2.27. The summed E-state index contributed by atoms with van der Waals surface area (Å²) < 4.78 is 28.4. The molecule has 3 N–H and O–H groups in total. The van der Waals surface area contributed by atoms with Gasteiger partial charge in [-0.25, -0.2) is 8.78 Å². The van der Waals surface area contributed by atoms with E-state index >= 15 is 0 Å². The minimum Gasteiger partial charge on any atom is -0.376 e. The highest BCUT2D eigenvalue weighted by Crippen LogP contribution is 2.25. The van der Waals surface area contributed by atoms with E-state index in [9.17, 15) is 13.6 Å². The molecule has 1 atom stereocenters. The third-order valence-corrected chi connectivity index (χ3v) is 3.10. The fourth-order valence-electron chi connectivity index (χ4n) is 1.80. The molecule has 106 valence electrons. The van der Waals surface area contributed by atoms with Crippen molar-refractivity contribution in [3.8, 4) is 0 Å². The van der Waals surface area contributed by atoms with Crippen molar-refractivity contribution >= 4 is 5.91 Å². The number of nitrogens with two attached hydrogens (primary N) is 1. The minimum atomic E-state index is -2.42. The van der Waals surface area contributed by atoms with Gasteiger partial charge in [-0.05, 0) is 39.0 Å². The van der Waals surface area contributed by atoms with Crippen molar-refractivity contribution in [1.82, 2.24) is 5.32 Å². The lowest BCUT2D eigenvalue weighted by Crippen LogP contribution is -2.53. The summed E-state index contributed by atoms with van der Waals surface area (Å²) in [5.74, 6) is -0.358. The van der Waals surface area contributed by atoms with E-state index in [1.165, 1.54) is 0 Å². The Morgan fingerprint density at radius 2 is 2.17 bits per heavy atom. The molecule has 0 bridgehead atoms. The molecular weight excluding hydrogens is 242 g/mol. The van der Waals surface area contributed by atoms with Crippen molar-refractivity contribution in [3.63, 3.8) is 0 Å². The van der Waals surface area contributed by atoms with Gasteiger partial charge >= 0.3 is 0 Å². The number of rotatable bonds is 10. The molecular formula is C12H22F2N2O2. The normalized spacial score (nSPS) is 18.9. The van der Waals surface area contributed by atoms with E-state index in [4.69, 9.17) is 10.5 Å². The molecule has 1 rings (SSSR count). The Morgan fingerprint density at radius 1 is 1.50 bits per heavy atom. The van der Waals surface area contributed by atoms with E-state index < -0.39 is 18.6 Å². The van der Waals surface area contributed by atoms with Crippen LogP contribution in [0.4, 0.5) is 8.78 Å². The second kappa shape index (κ2) is 6.99. The van der Waals surface area contributed by atoms with E-state index in [0.29, 0.717) is 25.5 Å². The predicted octanol–water partition coefficient (Wildman–Crippen LogP) is 1.43. The highest BCUT2D eigenvalue weighted by atomic mass is 19.3. The number of unbranched alkanes of at least 4 members (excludes halogenated alkanes) is 1. The average molecular weight is 264 g/mol. The number of carbonyl (C=O) groups is 1. The van der Waals surface area contributed by atoms with Crippen LogP contribution in [-0.4, -0.2) is 37.1 Å². The molecule has 0 aromatic heterocycles. The summed E-state index contributed by atoms with van der Waals surface area (Å²) in [7, 11) is 0. The number of hydrogen-bond acceptors (Lipinski definition) is 3. The topological polar surface area (TPSA) is 64.3 Å². The maximum Gasteiger partial charge on any atom is 0.261 e. The molecule has 1 amide bonds. The number of alkyl halides is 2. The van der Waals surface area contributed by atoms with Gasteiger partial charge in [0.05, 0.1) is 5.54 Å². The van der Waals surface area contributed by atoms with Gasteiger partial charge in [-0.2, -0.15) is 0 Å². The molecule has 0 radical (unpaired) electrons. The van der Waals surface area contributed by atoms with Crippen LogP contribution in [0.15, 0.2) is 0 Å². The summed E-state index contributed by atoms with van der Waals surface area (Å²) in [6.45, 7) is 1.57. The summed E-state index contributed by atoms with van der Waals surface area (Å²) in [4.78, 5) is 11.4. The lowest BCUT2D eigenvalue weighted by atomic mass is 9.94. The quantitative estimate of drug-likeness (QED) is 0.587. The first-order chi connectivity index (χ1) is 8.44. The molecule has 1 unspecified atom stereocenters. The van der Waals surface area contributed by atoms with Crippen LogP contribution in [0.25, 0.3) is 0 Å². The Balaban J connectivity index is 2.15. The zero-order valence-corrected chi connectivity index (χ0v) is 10.8. The Labute approximate surface area is 106 Å². The van der Waals surface area contributed by atoms with Crippen LogP contribution in [0.1, 0.15) is 39.0 Å². The predicted molar refractivity (Wildman–Crippen MR) is 64.4 cm³/mol. The first-order valence-corrected chi connectivity index (χ1v) is 6.37. The van der Waals surface area contributed by atoms with Gasteiger partial charge < -0.3 is 15.8 Å². The van der Waals surface area contributed by atoms with E-state index in [2.05, 4.69) is 5.32 Å². The lowest BCUT2D eigenvalue weighted by molar-refractivity contribution is -0.124. The number of ether oxygens (including phenoxy) is 1. The molecule has 4 nitrogen and oxygen atoms in total. The summed E-state index contributed by atoms with van der Waals surface area (Å²) in [5, 5.41) is 3.24. The standard InChI is InChI=1S/C12H22F2N2O2/c1-12(11(15)17,16-9-4-5-9)6-2-3-7-18-8-10(13)14/h9-10,16H,2-8H2,1H3,(H2,15,17). The van der Waals surface area contributed by atoms with Crippen molar-refractivity contribution in [2.24, 2.45) is 5.73 Å². The van der Waals surface area contributed by atoms with E-state index in [1.807, 2.05) is 0 Å². The van der Waals surface area contributed by atoms with Crippen LogP contribution < -0.4 is 11.1 Å². The first-order valence-electron chi connectivity index (χ1n) is 6.37. The molecule has 1 aliphatic rings. The van der Waals surface area contributed by atoms with Crippen LogP contribution in [0.2, 0.25) is 0 Å². The fraction of sp³-hybridized carbons (Fsp3) is 0.917. The van der Waals surface area contributed by atoms with E-state index in [0.717, 1.165) is 19.3 Å². The molecule has 18 heavy (non-hydrogen) atoms. The summed E-state index contributed by atoms with van der Waals surface area (Å²) >= 11 is 0. The number of hydrogen-bond donors (Lipinski definition) is 2. The van der Waals surface area contributed by atoms with Crippen molar-refractivity contribution in [2.75, 3.05) is 13.2 Å². The van der Waals surface area contributed by atoms with Gasteiger partial charge in [-0.1, -0.05) is 0 Å². The number of nitrogens with one attached hydrogen (secondary N) is 1. The van der Waals surface area contributed by atoms with Gasteiger partial charge in [0, 0.05) is 12.6 Å². The second-order valence-electron chi connectivity index (χ2n) is 5.04. The zero-order valence-electron chi connectivity index (χ0n) is 10.8. The largest absolute Gasteiger partial charge is 0.376 e. The minimum absolute atomic E-state index is 0.294. The highest BCUT2D eigenvalue weighted by molar-refractivity contribution is 5.84. The first kappa shape index (κ1) is 15.3. The maximum atomic E-state index is 11.8. The third kappa shape index (κ3) is 5.73. The second-order valence-corrected chi connectivity index (χ2v) is 5.04. The van der Waals surface area contributed by atoms with Gasteiger partial charge in [0.25, 0.3) is 6.43 Å². The Morgan fingerprint density at radius 3 is 2.67 bits per heavy atom. The molecule has 0 spiro atoms. The number of primary amides is 1. The Bertz CT molecular complexity index is 273. The number of amides is 1. The van der Waals surface area contributed by atoms with Gasteiger partial charge in [-0.3, -0.25) is 4.79 Å². The summed E-state index contributed by atoms with van der Waals surface area (Å²) in [6.07, 6.45) is 1.74. The van der Waals surface area contributed by atoms with Crippen LogP contribution in [0, 0.1) is 0 Å². The zero-order chi connectivity index (χ0) is 13.6. The SMILES string of the molecule is CC(CCCCOCC(F)F)(NC1CC1)C(N)=O. The Kier molecular flexibility index (Phi) is 5.95. The molecule has 0 aromatic rings. The van der Waals surface area contributed by atoms with Gasteiger partial charge in [0.15, 0.2) is 0 Å². The summed E-state index contributed by atoms with van der Waals surface area (Å²) in [5.41, 5.74) is 4.71. The molecule has 1 fully saturated rings. The van der Waals surface area contributed by atoms with Crippen molar-refractivity contribution in [3.05, 3.63) is 0 Å². The third-order valence-electron chi connectivity index (χ3n) is 3.10. The molecule has 6 heteroatoms. The van der Waals surface area contributed by atoms with Crippen LogP contribution in [0.3, 0.4) is 0 Å². The fourth-order valence-corrected chi connectivity index (χ4v) is 1.80. The molecule has 0 aliphatic heterocycles. The number of halogens is 2. The van der Waals surface area contributed by atoms with Crippen LogP contribution in [-0.2, 0) is 9.53 Å². The van der Waals surface area contributed by atoms with Crippen molar-refractivity contribution < 1.29 is 18.3 Å². The molecule has 0 aromatic carbocycles. The van der Waals surface area contributed by atoms with Crippen LogP contribution >= 0.6 is 0 Å². The molecule has 1 aliphatic carbocycles. The van der Waals surface area contributed by atoms with Gasteiger partial charge in [0.2, 0.25) is 5.91 Å². The monoisotopic (exact) mass is 264 g/mol. The molecule has 0 heterocycles. The highest BCUT2D eigenvalue weighted by Gasteiger charge is 2.36. The van der Waals surface area contributed by atoms with Gasteiger partial charge in [-0.15, -0.1) is 0 Å². The van der Waals surface area contributed by atoms with Crippen LogP contribution in [0.5, 0.6) is 0 Å². The maximum absolute atomic E-state index is 11.8. The average Bonchev–Trinajstić information content (AvgIpc) is 3.06. The molecule has 0 saturated heterocycles. The van der Waals surface area contributed by atoms with Crippen molar-refractivity contribution in [1.29, 1.82) is 0 Å². The molecule has 1 saturated carbocycles.